The summed E-state index contributed by atoms with van der Waals surface area (Å²) in [6.45, 7) is 4.45. The summed E-state index contributed by atoms with van der Waals surface area (Å²) >= 11 is 0. The van der Waals surface area contributed by atoms with E-state index in [4.69, 9.17) is 9.47 Å². The lowest BCUT2D eigenvalue weighted by Gasteiger charge is -2.39. The van der Waals surface area contributed by atoms with Gasteiger partial charge in [-0.1, -0.05) is 50.1 Å². The Labute approximate surface area is 161 Å². The van der Waals surface area contributed by atoms with Gasteiger partial charge in [0, 0.05) is 24.4 Å². The number of benzene rings is 2. The van der Waals surface area contributed by atoms with E-state index in [0.717, 1.165) is 29.8 Å². The Kier molecular flexibility index (Phi) is 4.58. The van der Waals surface area contributed by atoms with E-state index in [0.29, 0.717) is 12.4 Å². The maximum absolute atomic E-state index is 12.5. The van der Waals surface area contributed by atoms with Gasteiger partial charge in [-0.15, -0.1) is 0 Å². The third-order valence-corrected chi connectivity index (χ3v) is 6.20. The first-order valence-electron chi connectivity index (χ1n) is 9.73. The van der Waals surface area contributed by atoms with Gasteiger partial charge in [0.05, 0.1) is 12.8 Å². The van der Waals surface area contributed by atoms with Crippen LogP contribution < -0.4 is 14.4 Å². The van der Waals surface area contributed by atoms with Crippen LogP contribution in [0.1, 0.15) is 50.7 Å². The molecule has 0 saturated heterocycles. The first-order valence-corrected chi connectivity index (χ1v) is 9.73. The number of nitrogens with zero attached hydrogens (tertiary/aromatic N) is 1. The zero-order chi connectivity index (χ0) is 19.0. The number of ether oxygens (including phenoxy) is 2. The number of amides is 1. The predicted octanol–water partition coefficient (Wildman–Crippen LogP) is 4.84. The lowest BCUT2D eigenvalue weighted by molar-refractivity contribution is -0.117. The molecular weight excluding hydrogens is 338 g/mol. The molecule has 2 aromatic rings. The van der Waals surface area contributed by atoms with Crippen LogP contribution in [-0.2, 0) is 16.8 Å². The molecule has 142 valence electrons. The molecule has 2 aliphatic rings. The fourth-order valence-electron chi connectivity index (χ4n) is 4.81. The van der Waals surface area contributed by atoms with Gasteiger partial charge in [-0.05, 0) is 30.0 Å². The maximum Gasteiger partial charge on any atom is 0.224 e. The molecule has 4 heteroatoms. The molecule has 1 amide bonds. The van der Waals surface area contributed by atoms with Crippen LogP contribution in [0.3, 0.4) is 0 Å². The molecule has 0 spiro atoms. The molecule has 2 aromatic carbocycles. The van der Waals surface area contributed by atoms with Crippen molar-refractivity contribution in [3.63, 3.8) is 0 Å². The Morgan fingerprint density at radius 2 is 1.96 bits per heavy atom. The van der Waals surface area contributed by atoms with Gasteiger partial charge < -0.3 is 14.4 Å². The number of fused-ring (bicyclic) bond motifs is 3. The Morgan fingerprint density at radius 1 is 1.19 bits per heavy atom. The number of anilines is 1. The third-order valence-electron chi connectivity index (χ3n) is 6.20. The summed E-state index contributed by atoms with van der Waals surface area (Å²) in [7, 11) is 1.65. The highest BCUT2D eigenvalue weighted by Gasteiger charge is 2.50. The van der Waals surface area contributed by atoms with Crippen molar-refractivity contribution in [2.45, 2.75) is 57.6 Å². The normalized spacial score (nSPS) is 23.5. The molecule has 27 heavy (non-hydrogen) atoms. The van der Waals surface area contributed by atoms with E-state index >= 15 is 0 Å². The second kappa shape index (κ2) is 6.91. The second-order valence-electron chi connectivity index (χ2n) is 7.86. The predicted molar refractivity (Wildman–Crippen MR) is 107 cm³/mol. The minimum atomic E-state index is -0.0175. The largest absolute Gasteiger partial charge is 0.493 e. The minimum absolute atomic E-state index is 0.0175. The Morgan fingerprint density at radius 3 is 2.67 bits per heavy atom. The molecule has 1 saturated carbocycles. The van der Waals surface area contributed by atoms with Crippen molar-refractivity contribution in [1.82, 2.24) is 0 Å². The van der Waals surface area contributed by atoms with Crippen LogP contribution in [0.5, 0.6) is 11.5 Å². The van der Waals surface area contributed by atoms with Crippen molar-refractivity contribution in [3.05, 3.63) is 53.6 Å². The summed E-state index contributed by atoms with van der Waals surface area (Å²) < 4.78 is 11.7. The fourth-order valence-corrected chi connectivity index (χ4v) is 4.81. The number of hydrogen-bond donors (Lipinski definition) is 0. The molecule has 1 heterocycles. The number of hydrogen-bond acceptors (Lipinski definition) is 3. The Bertz CT molecular complexity index is 848. The molecular formula is C23H27NO3. The van der Waals surface area contributed by atoms with Crippen LogP contribution in [-0.4, -0.2) is 19.1 Å². The maximum atomic E-state index is 12.5. The van der Waals surface area contributed by atoms with E-state index in [1.807, 2.05) is 29.2 Å². The molecule has 0 aromatic heterocycles. The van der Waals surface area contributed by atoms with Gasteiger partial charge in [0.1, 0.15) is 6.61 Å². The molecule has 4 rings (SSSR count). The lowest BCUT2D eigenvalue weighted by atomic mass is 9.69. The standard InChI is InChI=1S/C23H27NO3/c1-16(25)24-19-14-20(26-3)21(27-15-17-9-5-4-6-10-17)13-18(19)23(2)12-8-7-11-22(23)24/h4-6,9-10,13-14,22H,7-8,11-12,15H2,1-3H3. The Hall–Kier alpha value is -2.49. The Balaban J connectivity index is 1.74. The van der Waals surface area contributed by atoms with Gasteiger partial charge in [-0.25, -0.2) is 0 Å². The smallest absolute Gasteiger partial charge is 0.224 e. The van der Waals surface area contributed by atoms with Crippen molar-refractivity contribution in [1.29, 1.82) is 0 Å². The summed E-state index contributed by atoms with van der Waals surface area (Å²) in [6, 6.07) is 14.5. The second-order valence-corrected chi connectivity index (χ2v) is 7.86. The average molecular weight is 365 g/mol. The first kappa shape index (κ1) is 17.9. The molecule has 4 nitrogen and oxygen atoms in total. The molecule has 1 fully saturated rings. The van der Waals surface area contributed by atoms with Crippen LogP contribution in [0.4, 0.5) is 5.69 Å². The van der Waals surface area contributed by atoms with E-state index in [2.05, 4.69) is 25.1 Å². The molecule has 0 bridgehead atoms. The monoisotopic (exact) mass is 365 g/mol. The van der Waals surface area contributed by atoms with E-state index in [1.165, 1.54) is 18.4 Å². The number of methoxy groups -OCH3 is 1. The first-order chi connectivity index (χ1) is 13.0. The van der Waals surface area contributed by atoms with Crippen LogP contribution in [0, 0.1) is 0 Å². The number of carbonyl (C=O) groups is 1. The number of rotatable bonds is 4. The van der Waals surface area contributed by atoms with Gasteiger partial charge >= 0.3 is 0 Å². The van der Waals surface area contributed by atoms with Crippen molar-refractivity contribution in [2.75, 3.05) is 12.0 Å². The van der Waals surface area contributed by atoms with Crippen LogP contribution in [0.25, 0.3) is 0 Å². The van der Waals surface area contributed by atoms with Gasteiger partial charge in [-0.3, -0.25) is 4.79 Å². The molecule has 1 aliphatic heterocycles. The highest BCUT2D eigenvalue weighted by molar-refractivity contribution is 5.96. The molecule has 2 atom stereocenters. The van der Waals surface area contributed by atoms with Gasteiger partial charge in [0.2, 0.25) is 5.91 Å². The van der Waals surface area contributed by atoms with Crippen LogP contribution in [0.2, 0.25) is 0 Å². The van der Waals surface area contributed by atoms with Crippen LogP contribution in [0.15, 0.2) is 42.5 Å². The van der Waals surface area contributed by atoms with E-state index in [9.17, 15) is 4.79 Å². The molecule has 2 unspecified atom stereocenters. The highest BCUT2D eigenvalue weighted by atomic mass is 16.5. The number of carbonyl (C=O) groups excluding carboxylic acids is 1. The summed E-state index contributed by atoms with van der Waals surface area (Å²) in [5.74, 6) is 1.53. The topological polar surface area (TPSA) is 38.8 Å². The zero-order valence-electron chi connectivity index (χ0n) is 16.3. The summed E-state index contributed by atoms with van der Waals surface area (Å²) in [6.07, 6.45) is 4.52. The average Bonchev–Trinajstić information content (AvgIpc) is 2.94. The molecule has 1 aliphatic carbocycles. The van der Waals surface area contributed by atoms with Crippen molar-refractivity contribution in [3.8, 4) is 11.5 Å². The van der Waals surface area contributed by atoms with Crippen LogP contribution >= 0.6 is 0 Å². The summed E-state index contributed by atoms with van der Waals surface area (Å²) in [5.41, 5.74) is 3.30. The third kappa shape index (κ3) is 2.97. The van der Waals surface area contributed by atoms with Gasteiger partial charge in [0.25, 0.3) is 0 Å². The SMILES string of the molecule is COc1cc2c(cc1OCc1ccccc1)C1(C)CCCCC1N2C(C)=O. The van der Waals surface area contributed by atoms with Gasteiger partial charge in [-0.2, -0.15) is 0 Å². The quantitative estimate of drug-likeness (QED) is 0.778. The molecule has 0 N–H and O–H groups in total. The zero-order valence-corrected chi connectivity index (χ0v) is 16.3. The van der Waals surface area contributed by atoms with Crippen molar-refractivity contribution >= 4 is 11.6 Å². The fraction of sp³-hybridized carbons (Fsp3) is 0.435. The summed E-state index contributed by atoms with van der Waals surface area (Å²) in [5, 5.41) is 0. The van der Waals surface area contributed by atoms with E-state index in [1.54, 1.807) is 14.0 Å². The molecule has 0 radical (unpaired) electrons. The highest BCUT2D eigenvalue weighted by Crippen LogP contribution is 2.54. The van der Waals surface area contributed by atoms with Crippen molar-refractivity contribution in [2.24, 2.45) is 0 Å². The van der Waals surface area contributed by atoms with E-state index in [-0.39, 0.29) is 17.4 Å². The minimum Gasteiger partial charge on any atom is -0.493 e. The van der Waals surface area contributed by atoms with Crippen molar-refractivity contribution < 1.29 is 14.3 Å². The van der Waals surface area contributed by atoms with Gasteiger partial charge in [0.15, 0.2) is 11.5 Å². The van der Waals surface area contributed by atoms with E-state index < -0.39 is 0 Å². The summed E-state index contributed by atoms with van der Waals surface area (Å²) in [4.78, 5) is 14.4. The lowest BCUT2D eigenvalue weighted by Crippen LogP contribution is -2.47.